The Balaban J connectivity index is 1.79. The molecule has 5 nitrogen and oxygen atoms in total. The van der Waals surface area contributed by atoms with Gasteiger partial charge < -0.3 is 9.99 Å². The molecule has 2 N–H and O–H groups in total. The molecule has 30 heavy (non-hydrogen) atoms. The average molecular weight is 424 g/mol. The maximum absolute atomic E-state index is 13.3. The van der Waals surface area contributed by atoms with E-state index in [2.05, 4.69) is 53.1 Å². The highest BCUT2D eigenvalue weighted by Crippen LogP contribution is 2.33. The molecule has 0 unspecified atom stereocenters. The lowest BCUT2D eigenvalue weighted by Gasteiger charge is -2.09. The third-order valence-electron chi connectivity index (χ3n) is 5.07. The Kier molecular flexibility index (Phi) is 5.57. The van der Waals surface area contributed by atoms with Crippen LogP contribution in [0.25, 0.3) is 27.7 Å². The van der Waals surface area contributed by atoms with Gasteiger partial charge in [-0.2, -0.15) is 0 Å². The van der Waals surface area contributed by atoms with Gasteiger partial charge in [0, 0.05) is 23.0 Å². The summed E-state index contributed by atoms with van der Waals surface area (Å²) in [5.41, 5.74) is 8.50. The molecule has 0 spiro atoms. The molecule has 0 bridgehead atoms. The standard InChI is InChI=1S/C23H22FN3O2S/c1-15(2)22-14-27(20-10-8-19(9-11-20)25-26-30(28)29)23-13-17(5-12-21(22)23)16-3-6-18(24)7-4-16/h3-15,25,30H,1-2H3,(H,26,28,29). The van der Waals surface area contributed by atoms with Crippen molar-refractivity contribution in [2.45, 2.75) is 19.8 Å². The Morgan fingerprint density at radius 3 is 2.20 bits per heavy atom. The van der Waals surface area contributed by atoms with Gasteiger partial charge >= 0.3 is 0 Å². The summed E-state index contributed by atoms with van der Waals surface area (Å²) in [5.74, 6) is 0.0962. The van der Waals surface area contributed by atoms with Gasteiger partial charge in [0.05, 0.1) is 5.52 Å². The van der Waals surface area contributed by atoms with E-state index in [-0.39, 0.29) is 5.82 Å². The van der Waals surface area contributed by atoms with Crippen molar-refractivity contribution in [2.75, 3.05) is 5.43 Å². The van der Waals surface area contributed by atoms with Crippen LogP contribution >= 0.6 is 0 Å². The van der Waals surface area contributed by atoms with Crippen molar-refractivity contribution in [3.8, 4) is 16.8 Å². The molecule has 0 amide bonds. The number of nitrogens with one attached hydrogen (secondary N) is 2. The fourth-order valence-electron chi connectivity index (χ4n) is 3.56. The van der Waals surface area contributed by atoms with Gasteiger partial charge in [0.1, 0.15) is 5.82 Å². The topological polar surface area (TPSA) is 63.1 Å². The van der Waals surface area contributed by atoms with Crippen LogP contribution in [0.3, 0.4) is 0 Å². The van der Waals surface area contributed by atoms with Crippen LogP contribution in [-0.2, 0) is 10.9 Å². The predicted octanol–water partition coefficient (Wildman–Crippen LogP) is 5.00. The third-order valence-corrected chi connectivity index (χ3v) is 5.37. The number of rotatable bonds is 6. The van der Waals surface area contributed by atoms with Gasteiger partial charge in [-0.25, -0.2) is 12.8 Å². The molecule has 1 heterocycles. The van der Waals surface area contributed by atoms with E-state index in [1.54, 1.807) is 12.1 Å². The molecule has 0 fully saturated rings. The summed E-state index contributed by atoms with van der Waals surface area (Å²) in [6.45, 7) is 4.32. The first-order valence-corrected chi connectivity index (χ1v) is 10.8. The minimum Gasteiger partial charge on any atom is -0.316 e. The summed E-state index contributed by atoms with van der Waals surface area (Å²) < 4.78 is 36.8. The number of hydrazine groups is 1. The van der Waals surface area contributed by atoms with Crippen LogP contribution in [0.1, 0.15) is 25.3 Å². The number of halogens is 1. The first kappa shape index (κ1) is 20.1. The number of hydrogen-bond acceptors (Lipinski definition) is 3. The van der Waals surface area contributed by atoms with E-state index in [0.717, 1.165) is 22.3 Å². The molecule has 0 saturated heterocycles. The zero-order chi connectivity index (χ0) is 21.3. The van der Waals surface area contributed by atoms with E-state index in [1.165, 1.54) is 23.1 Å². The zero-order valence-electron chi connectivity index (χ0n) is 16.6. The van der Waals surface area contributed by atoms with Crippen LogP contribution in [0.4, 0.5) is 10.1 Å². The number of benzene rings is 3. The average Bonchev–Trinajstić information content (AvgIpc) is 3.12. The Hall–Kier alpha value is -3.16. The second-order valence-corrected chi connectivity index (χ2v) is 8.13. The van der Waals surface area contributed by atoms with Gasteiger partial charge in [-0.05, 0) is 65.1 Å². The van der Waals surface area contributed by atoms with E-state index < -0.39 is 10.9 Å². The highest BCUT2D eigenvalue weighted by molar-refractivity contribution is 7.70. The molecule has 0 radical (unpaired) electrons. The van der Waals surface area contributed by atoms with Crippen molar-refractivity contribution in [1.29, 1.82) is 0 Å². The molecule has 0 aliphatic carbocycles. The van der Waals surface area contributed by atoms with E-state index in [0.29, 0.717) is 11.6 Å². The summed E-state index contributed by atoms with van der Waals surface area (Å²) in [6.07, 6.45) is 2.14. The van der Waals surface area contributed by atoms with Crippen LogP contribution in [0, 0.1) is 5.82 Å². The minimum absolute atomic E-state index is 0.255. The summed E-state index contributed by atoms with van der Waals surface area (Å²) in [5, 5.41) is 1.17. The van der Waals surface area contributed by atoms with Crippen molar-refractivity contribution < 1.29 is 12.8 Å². The van der Waals surface area contributed by atoms with Crippen molar-refractivity contribution in [3.05, 3.63) is 84.3 Å². The second-order valence-electron chi connectivity index (χ2n) is 7.39. The van der Waals surface area contributed by atoms with Crippen molar-refractivity contribution in [1.82, 2.24) is 9.40 Å². The van der Waals surface area contributed by atoms with Gasteiger partial charge in [0.25, 0.3) is 0 Å². The van der Waals surface area contributed by atoms with Gasteiger partial charge in [0.2, 0.25) is 10.9 Å². The molecule has 0 aliphatic heterocycles. The number of nitrogens with zero attached hydrogens (tertiary/aromatic N) is 1. The Morgan fingerprint density at radius 2 is 1.57 bits per heavy atom. The Morgan fingerprint density at radius 1 is 0.900 bits per heavy atom. The zero-order valence-corrected chi connectivity index (χ0v) is 17.5. The monoisotopic (exact) mass is 423 g/mol. The third kappa shape index (κ3) is 4.08. The van der Waals surface area contributed by atoms with E-state index in [4.69, 9.17) is 0 Å². The molecule has 0 atom stereocenters. The normalized spacial score (nSPS) is 11.5. The number of fused-ring (bicyclic) bond motifs is 1. The predicted molar refractivity (Wildman–Crippen MR) is 120 cm³/mol. The first-order chi connectivity index (χ1) is 14.4. The Bertz CT molecular complexity index is 1250. The van der Waals surface area contributed by atoms with Crippen molar-refractivity contribution in [3.63, 3.8) is 0 Å². The summed E-state index contributed by atoms with van der Waals surface area (Å²) in [4.78, 5) is 2.17. The molecule has 4 aromatic rings. The molecule has 4 rings (SSSR count). The summed E-state index contributed by atoms with van der Waals surface area (Å²) >= 11 is 0. The molecule has 1 aromatic heterocycles. The molecular formula is C23H22FN3O2S. The van der Waals surface area contributed by atoms with Crippen LogP contribution in [-0.4, -0.2) is 13.0 Å². The maximum Gasteiger partial charge on any atom is 0.218 e. The number of hydrogen-bond donors (Lipinski definition) is 3. The van der Waals surface area contributed by atoms with Crippen LogP contribution in [0.5, 0.6) is 0 Å². The van der Waals surface area contributed by atoms with Gasteiger partial charge in [-0.15, -0.1) is 4.83 Å². The van der Waals surface area contributed by atoms with E-state index in [1.807, 2.05) is 24.3 Å². The van der Waals surface area contributed by atoms with Gasteiger partial charge in [-0.3, -0.25) is 0 Å². The molecular weight excluding hydrogens is 401 g/mol. The number of aromatic nitrogens is 1. The fraction of sp³-hybridized carbons (Fsp3) is 0.130. The first-order valence-electron chi connectivity index (χ1n) is 9.60. The number of thiol groups is 1. The Labute approximate surface area is 176 Å². The highest BCUT2D eigenvalue weighted by Gasteiger charge is 2.14. The van der Waals surface area contributed by atoms with Crippen LogP contribution < -0.4 is 10.3 Å². The second kappa shape index (κ2) is 8.30. The van der Waals surface area contributed by atoms with E-state index in [9.17, 15) is 12.8 Å². The summed E-state index contributed by atoms with van der Waals surface area (Å²) in [6, 6.07) is 20.3. The smallest absolute Gasteiger partial charge is 0.218 e. The lowest BCUT2D eigenvalue weighted by molar-refractivity contribution is 0.607. The summed E-state index contributed by atoms with van der Waals surface area (Å²) in [7, 11) is -2.72. The van der Waals surface area contributed by atoms with Crippen LogP contribution in [0.15, 0.2) is 72.9 Å². The largest absolute Gasteiger partial charge is 0.316 e. The maximum atomic E-state index is 13.3. The van der Waals surface area contributed by atoms with Crippen molar-refractivity contribution >= 4 is 27.5 Å². The highest BCUT2D eigenvalue weighted by atomic mass is 32.2. The molecule has 3 aromatic carbocycles. The van der Waals surface area contributed by atoms with Gasteiger partial charge in [-0.1, -0.05) is 38.1 Å². The molecule has 0 aliphatic rings. The lowest BCUT2D eigenvalue weighted by atomic mass is 9.99. The fourth-order valence-corrected chi connectivity index (χ4v) is 3.78. The molecule has 0 saturated carbocycles. The number of anilines is 1. The minimum atomic E-state index is -2.72. The van der Waals surface area contributed by atoms with Crippen molar-refractivity contribution in [2.24, 2.45) is 0 Å². The van der Waals surface area contributed by atoms with E-state index >= 15 is 0 Å². The molecule has 7 heteroatoms. The lowest BCUT2D eigenvalue weighted by Crippen LogP contribution is -2.18. The van der Waals surface area contributed by atoms with Crippen LogP contribution in [0.2, 0.25) is 0 Å². The quantitative estimate of drug-likeness (QED) is 0.302. The SMILES string of the molecule is CC(C)c1cn(-c2ccc(NN[SH](=O)=O)cc2)c2cc(-c3ccc(F)cc3)ccc12. The molecule has 154 valence electrons. The van der Waals surface area contributed by atoms with Gasteiger partial charge in [0.15, 0.2) is 0 Å².